The number of benzene rings is 1. The second-order valence-corrected chi connectivity index (χ2v) is 5.66. The van der Waals surface area contributed by atoms with Crippen LogP contribution in [0.4, 0.5) is 0 Å². The summed E-state index contributed by atoms with van der Waals surface area (Å²) in [6.45, 7) is 3.90. The molecule has 0 aliphatic heterocycles. The van der Waals surface area contributed by atoms with E-state index in [1.165, 1.54) is 0 Å². The van der Waals surface area contributed by atoms with Crippen molar-refractivity contribution in [2.75, 3.05) is 7.11 Å². The van der Waals surface area contributed by atoms with Crippen molar-refractivity contribution in [1.29, 1.82) is 0 Å². The summed E-state index contributed by atoms with van der Waals surface area (Å²) >= 11 is 11.6. The van der Waals surface area contributed by atoms with E-state index in [2.05, 4.69) is 9.97 Å². The molecule has 3 aromatic rings. The number of fused-ring (bicyclic) bond motifs is 1. The van der Waals surface area contributed by atoms with Gasteiger partial charge in [-0.3, -0.25) is 4.57 Å². The molecular weight excluding hydrogens is 306 g/mol. The fraction of sp³-hybridized carbons (Fsp3) is 0.200. The molecule has 2 aromatic heterocycles. The fourth-order valence-electron chi connectivity index (χ4n) is 2.29. The monoisotopic (exact) mass is 319 g/mol. The molecule has 0 unspecified atom stereocenters. The van der Waals surface area contributed by atoms with Gasteiger partial charge in [-0.1, -0.05) is 11.6 Å². The van der Waals surface area contributed by atoms with Gasteiger partial charge in [0.15, 0.2) is 10.4 Å². The van der Waals surface area contributed by atoms with Crippen LogP contribution in [0.25, 0.3) is 16.9 Å². The largest absolute Gasteiger partial charge is 0.495 e. The molecule has 0 amide bonds. The Hall–Kier alpha value is -1.85. The average Bonchev–Trinajstić information content (AvgIpc) is 2.76. The molecule has 108 valence electrons. The summed E-state index contributed by atoms with van der Waals surface area (Å²) < 4.78 is 7.89. The zero-order chi connectivity index (χ0) is 15.1. The van der Waals surface area contributed by atoms with E-state index in [0.29, 0.717) is 15.5 Å². The molecule has 4 nitrogen and oxygen atoms in total. The third-order valence-corrected chi connectivity index (χ3v) is 4.06. The van der Waals surface area contributed by atoms with E-state index in [9.17, 15) is 0 Å². The summed E-state index contributed by atoms with van der Waals surface area (Å²) in [5.74, 6) is 0.658. The lowest BCUT2D eigenvalue weighted by Crippen LogP contribution is -2.00. The number of H-pyrrole nitrogens is 1. The van der Waals surface area contributed by atoms with Gasteiger partial charge in [-0.05, 0) is 49.8 Å². The first-order chi connectivity index (χ1) is 10.0. The second kappa shape index (κ2) is 5.16. The van der Waals surface area contributed by atoms with Gasteiger partial charge in [0.25, 0.3) is 0 Å². The van der Waals surface area contributed by atoms with E-state index < -0.39 is 0 Å². The highest BCUT2D eigenvalue weighted by Gasteiger charge is 2.14. The predicted octanol–water partition coefficient (Wildman–Crippen LogP) is 4.36. The first-order valence-corrected chi connectivity index (χ1v) is 7.23. The Bertz CT molecular complexity index is 898. The number of hydrogen-bond donors (Lipinski definition) is 1. The molecule has 2 heterocycles. The molecule has 0 saturated heterocycles. The minimum atomic E-state index is 0.572. The Labute approximate surface area is 132 Å². The summed E-state index contributed by atoms with van der Waals surface area (Å²) in [6.07, 6.45) is 0. The molecule has 0 bridgehead atoms. The molecule has 0 radical (unpaired) electrons. The van der Waals surface area contributed by atoms with E-state index in [-0.39, 0.29) is 0 Å². The van der Waals surface area contributed by atoms with Crippen molar-refractivity contribution >= 4 is 35.0 Å². The number of pyridine rings is 1. The van der Waals surface area contributed by atoms with Gasteiger partial charge in [-0.25, -0.2) is 4.98 Å². The highest BCUT2D eigenvalue weighted by atomic mass is 35.5. The third kappa shape index (κ3) is 2.32. The minimum absolute atomic E-state index is 0.572. The first-order valence-electron chi connectivity index (χ1n) is 6.44. The number of methoxy groups -OCH3 is 1. The highest BCUT2D eigenvalue weighted by molar-refractivity contribution is 7.71. The SMILES string of the molecule is COc1cc(Cl)c(C)cc1-n1c(=S)[nH]c2ccc(C)nc21. The second-order valence-electron chi connectivity index (χ2n) is 4.86. The Balaban J connectivity index is 2.40. The molecule has 1 aromatic carbocycles. The topological polar surface area (TPSA) is 42.8 Å². The number of aromatic amines is 1. The van der Waals surface area contributed by atoms with Crippen LogP contribution in [0.1, 0.15) is 11.3 Å². The highest BCUT2D eigenvalue weighted by Crippen LogP contribution is 2.31. The van der Waals surface area contributed by atoms with E-state index >= 15 is 0 Å². The van der Waals surface area contributed by atoms with Crippen molar-refractivity contribution in [2.24, 2.45) is 0 Å². The Morgan fingerprint density at radius 3 is 2.76 bits per heavy atom. The number of halogens is 1. The summed E-state index contributed by atoms with van der Waals surface area (Å²) in [4.78, 5) is 7.74. The van der Waals surface area contributed by atoms with Crippen molar-refractivity contribution in [3.63, 3.8) is 0 Å². The normalized spacial score (nSPS) is 11.0. The molecule has 0 spiro atoms. The first kappa shape index (κ1) is 14.1. The molecule has 1 N–H and O–H groups in total. The van der Waals surface area contributed by atoms with Gasteiger partial charge < -0.3 is 9.72 Å². The number of nitrogens with zero attached hydrogens (tertiary/aromatic N) is 2. The van der Waals surface area contributed by atoms with Crippen molar-refractivity contribution in [1.82, 2.24) is 14.5 Å². The summed E-state index contributed by atoms with van der Waals surface area (Å²) in [5, 5.41) is 0.658. The Morgan fingerprint density at radius 2 is 2.05 bits per heavy atom. The maximum Gasteiger partial charge on any atom is 0.184 e. The zero-order valence-electron chi connectivity index (χ0n) is 11.9. The molecular formula is C15H14ClN3OS. The predicted molar refractivity (Wildman–Crippen MR) is 87.3 cm³/mol. The van der Waals surface area contributed by atoms with Gasteiger partial charge in [0.1, 0.15) is 5.75 Å². The van der Waals surface area contributed by atoms with Crippen molar-refractivity contribution in [3.05, 3.63) is 45.3 Å². The maximum absolute atomic E-state index is 6.17. The molecule has 6 heteroatoms. The van der Waals surface area contributed by atoms with Gasteiger partial charge in [-0.2, -0.15) is 0 Å². The molecule has 0 saturated carbocycles. The molecule has 3 rings (SSSR count). The number of rotatable bonds is 2. The number of aromatic nitrogens is 3. The van der Waals surface area contributed by atoms with E-state index in [4.69, 9.17) is 28.6 Å². The van der Waals surface area contributed by atoms with E-state index in [1.807, 2.05) is 36.6 Å². The van der Waals surface area contributed by atoms with E-state index in [0.717, 1.165) is 28.1 Å². The van der Waals surface area contributed by atoms with Crippen molar-refractivity contribution in [2.45, 2.75) is 13.8 Å². The maximum atomic E-state index is 6.17. The smallest absolute Gasteiger partial charge is 0.184 e. The molecule has 0 fully saturated rings. The molecule has 0 aliphatic carbocycles. The third-order valence-electron chi connectivity index (χ3n) is 3.37. The summed E-state index contributed by atoms with van der Waals surface area (Å²) in [7, 11) is 1.61. The average molecular weight is 320 g/mol. The van der Waals surface area contributed by atoms with Crippen LogP contribution in [0.15, 0.2) is 24.3 Å². The fourth-order valence-corrected chi connectivity index (χ4v) is 2.74. The van der Waals surface area contributed by atoms with Crippen LogP contribution < -0.4 is 4.74 Å². The lowest BCUT2D eigenvalue weighted by atomic mass is 10.2. The van der Waals surface area contributed by atoms with Crippen LogP contribution in [0.2, 0.25) is 5.02 Å². The standard InChI is InChI=1S/C15H14ClN3OS/c1-8-6-12(13(20-3)7-10(8)16)19-14-11(18-15(19)21)5-4-9(2)17-14/h4-7H,1-3H3,(H,18,21). The van der Waals surface area contributed by atoms with Gasteiger partial charge in [0.05, 0.1) is 18.3 Å². The van der Waals surface area contributed by atoms with Crippen LogP contribution in [-0.4, -0.2) is 21.6 Å². The number of aryl methyl sites for hydroxylation is 2. The van der Waals surface area contributed by atoms with Gasteiger partial charge >= 0.3 is 0 Å². The molecule has 21 heavy (non-hydrogen) atoms. The van der Waals surface area contributed by atoms with Gasteiger partial charge in [0.2, 0.25) is 0 Å². The summed E-state index contributed by atoms with van der Waals surface area (Å²) in [5.41, 5.74) is 4.38. The van der Waals surface area contributed by atoms with Crippen LogP contribution in [-0.2, 0) is 0 Å². The van der Waals surface area contributed by atoms with Crippen LogP contribution in [0.5, 0.6) is 5.75 Å². The Morgan fingerprint density at radius 1 is 1.29 bits per heavy atom. The lowest BCUT2D eigenvalue weighted by molar-refractivity contribution is 0.413. The van der Waals surface area contributed by atoms with E-state index in [1.54, 1.807) is 13.2 Å². The van der Waals surface area contributed by atoms with Crippen molar-refractivity contribution < 1.29 is 4.74 Å². The van der Waals surface area contributed by atoms with Crippen molar-refractivity contribution in [3.8, 4) is 11.4 Å². The lowest BCUT2D eigenvalue weighted by Gasteiger charge is -2.12. The van der Waals surface area contributed by atoms with Crippen LogP contribution in [0.3, 0.4) is 0 Å². The number of hydrogen-bond acceptors (Lipinski definition) is 3. The number of ether oxygens (including phenoxy) is 1. The van der Waals surface area contributed by atoms with Gasteiger partial charge in [0, 0.05) is 16.8 Å². The van der Waals surface area contributed by atoms with Gasteiger partial charge in [-0.15, -0.1) is 0 Å². The molecule has 0 aliphatic rings. The van der Waals surface area contributed by atoms with Crippen LogP contribution in [0, 0.1) is 18.6 Å². The Kier molecular flexibility index (Phi) is 3.47. The number of nitrogens with one attached hydrogen (secondary N) is 1. The van der Waals surface area contributed by atoms with Crippen LogP contribution >= 0.6 is 23.8 Å². The quantitative estimate of drug-likeness (QED) is 0.714. The minimum Gasteiger partial charge on any atom is -0.495 e. The zero-order valence-corrected chi connectivity index (χ0v) is 13.5. The number of imidazole rings is 1. The summed E-state index contributed by atoms with van der Waals surface area (Å²) in [6, 6.07) is 7.67. The molecule has 0 atom stereocenters.